The summed E-state index contributed by atoms with van der Waals surface area (Å²) in [7, 11) is 0. The van der Waals surface area contributed by atoms with Crippen molar-refractivity contribution in [3.63, 3.8) is 0 Å². The van der Waals surface area contributed by atoms with E-state index < -0.39 is 29.5 Å². The highest BCUT2D eigenvalue weighted by molar-refractivity contribution is 5.76. The van der Waals surface area contributed by atoms with Gasteiger partial charge >= 0.3 is 12.3 Å². The van der Waals surface area contributed by atoms with Crippen LogP contribution in [0, 0.1) is 5.95 Å². The summed E-state index contributed by atoms with van der Waals surface area (Å²) in [5.74, 6) is -1.12. The summed E-state index contributed by atoms with van der Waals surface area (Å²) in [6, 6.07) is 3.01. The van der Waals surface area contributed by atoms with E-state index in [1.54, 1.807) is 20.8 Å². The van der Waals surface area contributed by atoms with Gasteiger partial charge in [0.15, 0.2) is 6.29 Å². The second-order valence-corrected chi connectivity index (χ2v) is 6.77. The van der Waals surface area contributed by atoms with E-state index in [1.165, 1.54) is 6.07 Å². The highest BCUT2D eigenvalue weighted by Crippen LogP contribution is 2.32. The van der Waals surface area contributed by atoms with Crippen LogP contribution in [0.5, 0.6) is 0 Å². The molecule has 0 aliphatic carbocycles. The third kappa shape index (κ3) is 5.48. The van der Waals surface area contributed by atoms with Crippen LogP contribution in [0.1, 0.15) is 42.4 Å². The predicted molar refractivity (Wildman–Crippen MR) is 90.9 cm³/mol. The Morgan fingerprint density at radius 2 is 1.93 bits per heavy atom. The SMILES string of the molecule is CC(C)(C)OC(=O)NCc1cnc(C(F)(F)F)cc1-c1ccc(C=O)c(F)n1. The van der Waals surface area contributed by atoms with E-state index in [9.17, 15) is 27.2 Å². The molecule has 150 valence electrons. The lowest BCUT2D eigenvalue weighted by Gasteiger charge is -2.20. The Labute approximate surface area is 157 Å². The van der Waals surface area contributed by atoms with Crippen molar-refractivity contribution >= 4 is 12.4 Å². The summed E-state index contributed by atoms with van der Waals surface area (Å²) < 4.78 is 58.0. The zero-order chi connectivity index (χ0) is 21.1. The van der Waals surface area contributed by atoms with Crippen molar-refractivity contribution in [3.8, 4) is 11.3 Å². The molecule has 0 atom stereocenters. The second-order valence-electron chi connectivity index (χ2n) is 6.77. The molecule has 10 heteroatoms. The molecule has 0 bridgehead atoms. The fraction of sp³-hybridized carbons (Fsp3) is 0.333. The molecule has 2 rings (SSSR count). The van der Waals surface area contributed by atoms with Gasteiger partial charge in [0, 0.05) is 18.3 Å². The Kier molecular flexibility index (Phi) is 6.01. The van der Waals surface area contributed by atoms with E-state index >= 15 is 0 Å². The van der Waals surface area contributed by atoms with Crippen LogP contribution in [0.3, 0.4) is 0 Å². The smallest absolute Gasteiger partial charge is 0.433 e. The number of amides is 1. The summed E-state index contributed by atoms with van der Waals surface area (Å²) in [4.78, 5) is 29.4. The molecule has 28 heavy (non-hydrogen) atoms. The van der Waals surface area contributed by atoms with Crippen LogP contribution in [0.25, 0.3) is 11.3 Å². The van der Waals surface area contributed by atoms with Crippen molar-refractivity contribution in [1.82, 2.24) is 15.3 Å². The number of pyridine rings is 2. The number of aldehydes is 1. The molecule has 0 saturated carbocycles. The number of alkyl halides is 3. The molecule has 0 aliphatic rings. The Hall–Kier alpha value is -3.04. The van der Waals surface area contributed by atoms with Crippen LogP contribution in [-0.2, 0) is 17.5 Å². The van der Waals surface area contributed by atoms with Gasteiger partial charge in [0.05, 0.1) is 11.3 Å². The van der Waals surface area contributed by atoms with Gasteiger partial charge in [0.25, 0.3) is 0 Å². The van der Waals surface area contributed by atoms with Crippen molar-refractivity contribution in [3.05, 3.63) is 47.2 Å². The largest absolute Gasteiger partial charge is 0.444 e. The lowest BCUT2D eigenvalue weighted by Crippen LogP contribution is -2.32. The zero-order valence-corrected chi connectivity index (χ0v) is 15.2. The summed E-state index contributed by atoms with van der Waals surface area (Å²) in [5, 5.41) is 2.40. The number of hydrogen-bond donors (Lipinski definition) is 1. The quantitative estimate of drug-likeness (QED) is 0.475. The Morgan fingerprint density at radius 1 is 1.25 bits per heavy atom. The molecule has 0 unspecified atom stereocenters. The molecule has 2 heterocycles. The minimum Gasteiger partial charge on any atom is -0.444 e. The first-order chi connectivity index (χ1) is 12.9. The molecule has 2 aromatic heterocycles. The van der Waals surface area contributed by atoms with Gasteiger partial charge in [-0.1, -0.05) is 0 Å². The maximum atomic E-state index is 13.8. The highest BCUT2D eigenvalue weighted by atomic mass is 19.4. The summed E-state index contributed by atoms with van der Waals surface area (Å²) in [6.45, 7) is 4.73. The fourth-order valence-electron chi connectivity index (χ4n) is 2.18. The Balaban J connectivity index is 2.41. The number of rotatable bonds is 4. The first-order valence-electron chi connectivity index (χ1n) is 8.06. The average molecular weight is 399 g/mol. The standard InChI is InChI=1S/C18H17F4N3O3/c1-17(2,3)28-16(27)24-8-11-7-23-14(18(20,21)22)6-12(11)13-5-4-10(9-26)15(19)25-13/h4-7,9H,8H2,1-3H3,(H,24,27). The van der Waals surface area contributed by atoms with Crippen molar-refractivity contribution in [2.45, 2.75) is 39.1 Å². The number of hydrogen-bond acceptors (Lipinski definition) is 5. The number of carbonyl (C=O) groups excluding carboxylic acids is 2. The number of alkyl carbamates (subject to hydrolysis) is 1. The van der Waals surface area contributed by atoms with E-state index in [1.807, 2.05) is 0 Å². The van der Waals surface area contributed by atoms with Gasteiger partial charge in [-0.15, -0.1) is 0 Å². The normalized spacial score (nSPS) is 11.8. The zero-order valence-electron chi connectivity index (χ0n) is 15.2. The first kappa shape index (κ1) is 21.3. The van der Waals surface area contributed by atoms with Gasteiger partial charge in [-0.25, -0.2) is 9.78 Å². The number of aromatic nitrogens is 2. The van der Waals surface area contributed by atoms with Gasteiger partial charge in [0.1, 0.15) is 11.3 Å². The van der Waals surface area contributed by atoms with Gasteiger partial charge in [-0.2, -0.15) is 17.6 Å². The van der Waals surface area contributed by atoms with Crippen LogP contribution in [0.4, 0.5) is 22.4 Å². The highest BCUT2D eigenvalue weighted by Gasteiger charge is 2.33. The Bertz CT molecular complexity index is 893. The molecule has 0 spiro atoms. The lowest BCUT2D eigenvalue weighted by atomic mass is 10.0. The van der Waals surface area contributed by atoms with Gasteiger partial charge in [-0.3, -0.25) is 9.78 Å². The van der Waals surface area contributed by atoms with Crippen LogP contribution in [-0.4, -0.2) is 27.9 Å². The van der Waals surface area contributed by atoms with Crippen LogP contribution in [0.15, 0.2) is 24.4 Å². The van der Waals surface area contributed by atoms with E-state index in [2.05, 4.69) is 15.3 Å². The summed E-state index contributed by atoms with van der Waals surface area (Å²) in [5.41, 5.74) is -2.37. The van der Waals surface area contributed by atoms with E-state index in [0.29, 0.717) is 6.07 Å². The molecule has 0 aromatic carbocycles. The molecule has 0 aliphatic heterocycles. The fourth-order valence-corrected chi connectivity index (χ4v) is 2.18. The Morgan fingerprint density at radius 3 is 2.46 bits per heavy atom. The number of carbonyl (C=O) groups is 2. The van der Waals surface area contributed by atoms with Crippen molar-refractivity contribution in [2.24, 2.45) is 0 Å². The topological polar surface area (TPSA) is 81.2 Å². The molecular formula is C18H17F4N3O3. The maximum Gasteiger partial charge on any atom is 0.433 e. The molecule has 2 aromatic rings. The summed E-state index contributed by atoms with van der Waals surface area (Å²) >= 11 is 0. The van der Waals surface area contributed by atoms with Gasteiger partial charge in [-0.05, 0) is 44.5 Å². The number of nitrogens with one attached hydrogen (secondary N) is 1. The average Bonchev–Trinajstić information content (AvgIpc) is 2.57. The maximum absolute atomic E-state index is 13.8. The summed E-state index contributed by atoms with van der Waals surface area (Å²) in [6.07, 6.45) is -4.35. The van der Waals surface area contributed by atoms with Crippen molar-refractivity contribution in [1.29, 1.82) is 0 Å². The molecule has 1 amide bonds. The van der Waals surface area contributed by atoms with Crippen LogP contribution >= 0.6 is 0 Å². The molecule has 6 nitrogen and oxygen atoms in total. The van der Waals surface area contributed by atoms with Crippen molar-refractivity contribution < 1.29 is 31.9 Å². The van der Waals surface area contributed by atoms with Gasteiger partial charge < -0.3 is 10.1 Å². The first-order valence-corrected chi connectivity index (χ1v) is 8.06. The number of ether oxygens (including phenoxy) is 1. The van der Waals surface area contributed by atoms with E-state index in [0.717, 1.165) is 12.3 Å². The lowest BCUT2D eigenvalue weighted by molar-refractivity contribution is -0.141. The molecule has 0 saturated heterocycles. The van der Waals surface area contributed by atoms with Crippen LogP contribution < -0.4 is 5.32 Å². The minimum absolute atomic E-state index is 0.0882. The van der Waals surface area contributed by atoms with E-state index in [-0.39, 0.29) is 35.2 Å². The third-order valence-corrected chi connectivity index (χ3v) is 3.38. The number of halogens is 4. The molecular weight excluding hydrogens is 382 g/mol. The van der Waals surface area contributed by atoms with Gasteiger partial charge in [0.2, 0.25) is 5.95 Å². The van der Waals surface area contributed by atoms with Crippen LogP contribution in [0.2, 0.25) is 0 Å². The number of nitrogens with zero attached hydrogens (tertiary/aromatic N) is 2. The second kappa shape index (κ2) is 7.91. The van der Waals surface area contributed by atoms with E-state index in [4.69, 9.17) is 4.74 Å². The molecule has 0 radical (unpaired) electrons. The monoisotopic (exact) mass is 399 g/mol. The third-order valence-electron chi connectivity index (χ3n) is 3.38. The molecule has 1 N–H and O–H groups in total. The minimum atomic E-state index is -4.73. The van der Waals surface area contributed by atoms with Crippen molar-refractivity contribution in [2.75, 3.05) is 0 Å². The predicted octanol–water partition coefficient (Wildman–Crippen LogP) is 4.14. The molecule has 0 fully saturated rings.